The third-order valence-corrected chi connectivity index (χ3v) is 3.92. The first kappa shape index (κ1) is 12.2. The molecule has 1 aliphatic rings. The molecule has 0 amide bonds. The van der Waals surface area contributed by atoms with Crippen molar-refractivity contribution in [2.45, 2.75) is 39.5 Å². The Hall–Kier alpha value is -1.30. The second-order valence-electron chi connectivity index (χ2n) is 5.33. The Morgan fingerprint density at radius 3 is 2.65 bits per heavy atom. The summed E-state index contributed by atoms with van der Waals surface area (Å²) in [6, 6.07) is 10.8. The van der Waals surface area contributed by atoms with Crippen molar-refractivity contribution in [3.63, 3.8) is 0 Å². The van der Waals surface area contributed by atoms with Crippen LogP contribution < -0.4 is 0 Å². The van der Waals surface area contributed by atoms with Crippen molar-refractivity contribution >= 4 is 0 Å². The highest BCUT2D eigenvalue weighted by molar-refractivity contribution is 5.27. The Bertz CT molecular complexity index is 423. The fraction of sp³-hybridized carbons (Fsp3) is 0.412. The van der Waals surface area contributed by atoms with Gasteiger partial charge in [-0.1, -0.05) is 53.6 Å². The topological polar surface area (TPSA) is 0 Å². The monoisotopic (exact) mass is 226 g/mol. The zero-order chi connectivity index (χ0) is 12.3. The van der Waals surface area contributed by atoms with E-state index in [9.17, 15) is 0 Å². The quantitative estimate of drug-likeness (QED) is 0.642. The number of benzene rings is 1. The van der Waals surface area contributed by atoms with Crippen molar-refractivity contribution in [3.8, 4) is 0 Å². The Morgan fingerprint density at radius 1 is 1.29 bits per heavy atom. The average molecular weight is 226 g/mol. The maximum absolute atomic E-state index is 4.12. The van der Waals surface area contributed by atoms with Gasteiger partial charge in [0.1, 0.15) is 0 Å². The molecule has 2 rings (SSSR count). The van der Waals surface area contributed by atoms with Crippen LogP contribution in [0.4, 0.5) is 0 Å². The molecule has 0 heteroatoms. The molecular formula is C17H22. The van der Waals surface area contributed by atoms with Crippen LogP contribution in [0.3, 0.4) is 0 Å². The van der Waals surface area contributed by atoms with Gasteiger partial charge in [0.25, 0.3) is 0 Å². The molecule has 1 aliphatic carbocycles. The first-order valence-corrected chi connectivity index (χ1v) is 6.53. The van der Waals surface area contributed by atoms with Crippen LogP contribution >= 0.6 is 0 Å². The van der Waals surface area contributed by atoms with Gasteiger partial charge in [-0.05, 0) is 51.0 Å². The maximum Gasteiger partial charge on any atom is -0.00643 e. The zero-order valence-electron chi connectivity index (χ0n) is 11.0. The largest absolute Gasteiger partial charge is 0.0998 e. The standard InChI is InChI=1S/C17H22/c1-13(2)16-10-9-14(3)17(12-16)11-15-7-5-4-6-8-15/h4-8,16H,1,9-12H2,2-3H3/t16-/m1/s1. The number of allylic oxidation sites excluding steroid dienone is 3. The van der Waals surface area contributed by atoms with E-state index in [1.165, 1.54) is 30.4 Å². The summed E-state index contributed by atoms with van der Waals surface area (Å²) in [5.41, 5.74) is 6.02. The van der Waals surface area contributed by atoms with Crippen LogP contribution in [0.2, 0.25) is 0 Å². The van der Waals surface area contributed by atoms with Crippen LogP contribution in [0.5, 0.6) is 0 Å². The van der Waals surface area contributed by atoms with Crippen LogP contribution in [0.25, 0.3) is 0 Å². The van der Waals surface area contributed by atoms with Crippen molar-refractivity contribution in [2.24, 2.45) is 5.92 Å². The molecule has 0 unspecified atom stereocenters. The van der Waals surface area contributed by atoms with E-state index in [1.807, 2.05) is 0 Å². The van der Waals surface area contributed by atoms with E-state index in [0.717, 1.165) is 6.42 Å². The van der Waals surface area contributed by atoms with E-state index >= 15 is 0 Å². The molecule has 0 saturated heterocycles. The first-order chi connectivity index (χ1) is 8.16. The summed E-state index contributed by atoms with van der Waals surface area (Å²) in [6.07, 6.45) is 4.88. The van der Waals surface area contributed by atoms with Crippen molar-refractivity contribution < 1.29 is 0 Å². The lowest BCUT2D eigenvalue weighted by atomic mass is 9.79. The van der Waals surface area contributed by atoms with Gasteiger partial charge in [0.2, 0.25) is 0 Å². The second kappa shape index (κ2) is 5.35. The molecule has 0 N–H and O–H groups in total. The Balaban J connectivity index is 2.11. The lowest BCUT2D eigenvalue weighted by Crippen LogP contribution is -2.11. The molecule has 1 atom stereocenters. The van der Waals surface area contributed by atoms with Gasteiger partial charge in [0.15, 0.2) is 0 Å². The van der Waals surface area contributed by atoms with Crippen LogP contribution in [0.15, 0.2) is 53.6 Å². The lowest BCUT2D eigenvalue weighted by molar-refractivity contribution is 0.514. The second-order valence-corrected chi connectivity index (χ2v) is 5.33. The fourth-order valence-electron chi connectivity index (χ4n) is 2.63. The lowest BCUT2D eigenvalue weighted by Gasteiger charge is -2.26. The average Bonchev–Trinajstić information content (AvgIpc) is 2.33. The summed E-state index contributed by atoms with van der Waals surface area (Å²) in [4.78, 5) is 0. The van der Waals surface area contributed by atoms with Crippen LogP contribution in [0.1, 0.15) is 38.7 Å². The van der Waals surface area contributed by atoms with E-state index in [0.29, 0.717) is 5.92 Å². The smallest absolute Gasteiger partial charge is 0.00643 e. The third-order valence-electron chi connectivity index (χ3n) is 3.92. The summed E-state index contributed by atoms with van der Waals surface area (Å²) in [5.74, 6) is 0.706. The van der Waals surface area contributed by atoms with Crippen molar-refractivity contribution in [1.29, 1.82) is 0 Å². The summed E-state index contributed by atoms with van der Waals surface area (Å²) in [5, 5.41) is 0. The number of rotatable bonds is 3. The molecule has 17 heavy (non-hydrogen) atoms. The molecule has 90 valence electrons. The van der Waals surface area contributed by atoms with E-state index in [4.69, 9.17) is 0 Å². The fourth-order valence-corrected chi connectivity index (χ4v) is 2.63. The van der Waals surface area contributed by atoms with Crippen LogP contribution in [0, 0.1) is 5.92 Å². The zero-order valence-corrected chi connectivity index (χ0v) is 11.0. The summed E-state index contributed by atoms with van der Waals surface area (Å²) in [6.45, 7) is 8.59. The van der Waals surface area contributed by atoms with Crippen molar-refractivity contribution in [2.75, 3.05) is 0 Å². The Kier molecular flexibility index (Phi) is 3.83. The molecule has 0 heterocycles. The van der Waals surface area contributed by atoms with Gasteiger partial charge >= 0.3 is 0 Å². The molecule has 0 radical (unpaired) electrons. The minimum absolute atomic E-state index is 0.706. The van der Waals surface area contributed by atoms with Gasteiger partial charge in [-0.3, -0.25) is 0 Å². The van der Waals surface area contributed by atoms with Gasteiger partial charge in [0.05, 0.1) is 0 Å². The molecule has 1 aromatic carbocycles. The van der Waals surface area contributed by atoms with Gasteiger partial charge < -0.3 is 0 Å². The molecule has 0 spiro atoms. The number of hydrogen-bond donors (Lipinski definition) is 0. The molecule has 0 aliphatic heterocycles. The molecule has 0 fully saturated rings. The molecule has 0 bridgehead atoms. The maximum atomic E-state index is 4.12. The summed E-state index contributed by atoms with van der Waals surface area (Å²) >= 11 is 0. The molecule has 1 aromatic rings. The number of hydrogen-bond acceptors (Lipinski definition) is 0. The normalized spacial score (nSPS) is 20.5. The molecule has 0 nitrogen and oxygen atoms in total. The predicted molar refractivity (Wildman–Crippen MR) is 75.0 cm³/mol. The van der Waals surface area contributed by atoms with Gasteiger partial charge in [-0.25, -0.2) is 0 Å². The Labute approximate surface area is 105 Å². The van der Waals surface area contributed by atoms with E-state index in [1.54, 1.807) is 11.1 Å². The highest BCUT2D eigenvalue weighted by atomic mass is 14.2. The van der Waals surface area contributed by atoms with E-state index in [-0.39, 0.29) is 0 Å². The van der Waals surface area contributed by atoms with Gasteiger partial charge in [-0.15, -0.1) is 0 Å². The molecule has 0 aromatic heterocycles. The SMILES string of the molecule is C=C(C)[C@@H]1CCC(C)=C(Cc2ccccc2)C1. The molecule has 0 saturated carbocycles. The van der Waals surface area contributed by atoms with Crippen LogP contribution in [-0.4, -0.2) is 0 Å². The van der Waals surface area contributed by atoms with Gasteiger partial charge in [-0.2, -0.15) is 0 Å². The summed E-state index contributed by atoms with van der Waals surface area (Å²) < 4.78 is 0. The van der Waals surface area contributed by atoms with Gasteiger partial charge in [0, 0.05) is 0 Å². The molecular weight excluding hydrogens is 204 g/mol. The highest BCUT2D eigenvalue weighted by Crippen LogP contribution is 2.34. The van der Waals surface area contributed by atoms with Crippen LogP contribution in [-0.2, 0) is 6.42 Å². The summed E-state index contributed by atoms with van der Waals surface area (Å²) in [7, 11) is 0. The van der Waals surface area contributed by atoms with Crippen molar-refractivity contribution in [1.82, 2.24) is 0 Å². The Morgan fingerprint density at radius 2 is 2.00 bits per heavy atom. The first-order valence-electron chi connectivity index (χ1n) is 6.53. The predicted octanol–water partition coefficient (Wildman–Crippen LogP) is 4.92. The minimum atomic E-state index is 0.706. The third kappa shape index (κ3) is 3.09. The van der Waals surface area contributed by atoms with E-state index in [2.05, 4.69) is 50.8 Å². The minimum Gasteiger partial charge on any atom is -0.0998 e. The van der Waals surface area contributed by atoms with Crippen molar-refractivity contribution in [3.05, 3.63) is 59.2 Å². The highest BCUT2D eigenvalue weighted by Gasteiger charge is 2.19. The van der Waals surface area contributed by atoms with E-state index < -0.39 is 0 Å².